The number of quaternary nitrogens is 1. The lowest BCUT2D eigenvalue weighted by atomic mass is 10.2. The Balaban J connectivity index is 3.92. The van der Waals surface area contributed by atoms with Crippen LogP contribution < -0.4 is 0 Å². The zero-order chi connectivity index (χ0) is 9.78. The molecule has 0 aromatic rings. The molecule has 0 radical (unpaired) electrons. The summed E-state index contributed by atoms with van der Waals surface area (Å²) >= 11 is 0. The van der Waals surface area contributed by atoms with Crippen LogP contribution in [0.25, 0.3) is 0 Å². The zero-order valence-corrected chi connectivity index (χ0v) is 7.20. The van der Waals surface area contributed by atoms with E-state index in [-0.39, 0.29) is 6.42 Å². The van der Waals surface area contributed by atoms with Gasteiger partial charge in [-0.2, -0.15) is 0 Å². The number of nitrogens with zero attached hydrogens (tertiary/aromatic N) is 1. The summed E-state index contributed by atoms with van der Waals surface area (Å²) in [4.78, 5) is 10.3. The molecule has 0 amide bonds. The third kappa shape index (κ3) is 7.29. The van der Waals surface area contributed by atoms with Crippen LogP contribution in [0.5, 0.6) is 0 Å². The first kappa shape index (κ1) is 8.49. The monoisotopic (exact) mass is 163 g/mol. The van der Waals surface area contributed by atoms with Crippen molar-refractivity contribution in [3.05, 3.63) is 0 Å². The predicted molar refractivity (Wildman–Crippen MR) is 41.2 cm³/mol. The highest BCUT2D eigenvalue weighted by molar-refractivity contribution is 5.67. The van der Waals surface area contributed by atoms with Gasteiger partial charge in [-0.25, -0.2) is 0 Å². The fourth-order valence-corrected chi connectivity index (χ4v) is 0.870. The molecule has 0 aliphatic carbocycles. The normalized spacial score (nSPS) is 15.7. The van der Waals surface area contributed by atoms with Crippen LogP contribution in [0.2, 0.25) is 0 Å². The molecule has 0 aromatic carbocycles. The Morgan fingerprint density at radius 2 is 2.18 bits per heavy atom. The minimum absolute atomic E-state index is 0.112. The summed E-state index contributed by atoms with van der Waals surface area (Å²) in [6.07, 6.45) is -0.638. The molecule has 0 rings (SSSR count). The Morgan fingerprint density at radius 1 is 1.64 bits per heavy atom. The van der Waals surface area contributed by atoms with E-state index < -0.39 is 12.1 Å². The van der Waals surface area contributed by atoms with Crippen molar-refractivity contribution in [1.82, 2.24) is 0 Å². The number of aliphatic carboxylic acids is 1. The van der Waals surface area contributed by atoms with Crippen molar-refractivity contribution in [2.45, 2.75) is 12.5 Å². The third-order valence-corrected chi connectivity index (χ3v) is 1.15. The van der Waals surface area contributed by atoms with Gasteiger partial charge in [0.2, 0.25) is 1.43 Å². The largest absolute Gasteiger partial charge is 0.481 e. The first-order valence-electron chi connectivity index (χ1n) is 3.90. The topological polar surface area (TPSA) is 57.5 Å². The van der Waals surface area contributed by atoms with E-state index in [2.05, 4.69) is 5.11 Å². The van der Waals surface area contributed by atoms with Crippen LogP contribution in [0, 0.1) is 0 Å². The van der Waals surface area contributed by atoms with Gasteiger partial charge < -0.3 is 14.7 Å². The maximum atomic E-state index is 10.3. The van der Waals surface area contributed by atoms with Crippen LogP contribution in [0.1, 0.15) is 6.42 Å². The highest BCUT2D eigenvalue weighted by atomic mass is 16.4. The quantitative estimate of drug-likeness (QED) is 0.539. The van der Waals surface area contributed by atoms with Gasteiger partial charge in [-0.15, -0.1) is 0 Å². The second-order valence-corrected chi connectivity index (χ2v) is 3.69. The first-order chi connectivity index (χ1) is 5.35. The van der Waals surface area contributed by atoms with Crippen molar-refractivity contribution in [3.63, 3.8) is 0 Å². The summed E-state index contributed by atoms with van der Waals surface area (Å²) in [5.41, 5.74) is 0. The molecule has 1 atom stereocenters. The molecular formula is C7H16NO3+. The number of likely N-dealkylation sites (N-methyl/N-ethyl adjacent to an activating group) is 1. The van der Waals surface area contributed by atoms with E-state index in [4.69, 9.17) is 6.54 Å². The number of hydrogen-bond acceptors (Lipinski definition) is 2. The van der Waals surface area contributed by atoms with Crippen molar-refractivity contribution in [1.29, 1.82) is 1.43 Å². The fourth-order valence-electron chi connectivity index (χ4n) is 0.870. The lowest BCUT2D eigenvalue weighted by Gasteiger charge is -2.25. The highest BCUT2D eigenvalue weighted by Crippen LogP contribution is 1.98. The van der Waals surface area contributed by atoms with Crippen LogP contribution >= 0.6 is 0 Å². The van der Waals surface area contributed by atoms with Crippen LogP contribution in [0.4, 0.5) is 0 Å². The number of carboxylic acids is 1. The second kappa shape index (κ2) is 3.69. The van der Waals surface area contributed by atoms with Crippen molar-refractivity contribution in [3.8, 4) is 0 Å². The van der Waals surface area contributed by atoms with Gasteiger partial charge in [-0.3, -0.25) is 4.79 Å². The Hall–Kier alpha value is -0.610. The molecule has 0 aromatic heterocycles. The summed E-state index contributed by atoms with van der Waals surface area (Å²) in [7, 11) is 5.77. The van der Waals surface area contributed by atoms with Crippen LogP contribution in [-0.4, -0.2) is 55.9 Å². The van der Waals surface area contributed by atoms with Gasteiger partial charge >= 0.3 is 5.97 Å². The number of carboxylic acid groups (broad SMARTS) is 1. The molecule has 1 unspecified atom stereocenters. The van der Waals surface area contributed by atoms with E-state index in [1.165, 1.54) is 0 Å². The van der Waals surface area contributed by atoms with Crippen molar-refractivity contribution in [2.24, 2.45) is 0 Å². The fraction of sp³-hybridized carbons (Fsp3) is 0.857. The molecule has 0 heterocycles. The maximum Gasteiger partial charge on any atom is 0.306 e. The Kier molecular flexibility index (Phi) is 2.84. The van der Waals surface area contributed by atoms with Gasteiger partial charge in [0.25, 0.3) is 0 Å². The van der Waals surface area contributed by atoms with Crippen LogP contribution in [0.3, 0.4) is 0 Å². The zero-order valence-electron chi connectivity index (χ0n) is 8.20. The predicted octanol–water partition coefficient (Wildman–Crippen LogP) is -0.472. The Labute approximate surface area is 68.1 Å². The smallest absolute Gasteiger partial charge is 0.306 e. The summed E-state index contributed by atoms with van der Waals surface area (Å²) in [6, 6.07) is 0. The van der Waals surface area contributed by atoms with Gasteiger partial charge in [-0.05, 0) is 0 Å². The lowest BCUT2D eigenvalue weighted by Crippen LogP contribution is -2.42. The number of hydrogen-bond donors (Lipinski definition) is 2. The second-order valence-electron chi connectivity index (χ2n) is 3.69. The highest BCUT2D eigenvalue weighted by Gasteiger charge is 2.17. The molecule has 0 saturated carbocycles. The van der Waals surface area contributed by atoms with E-state index >= 15 is 0 Å². The van der Waals surface area contributed by atoms with E-state index in [1.807, 2.05) is 21.1 Å². The van der Waals surface area contributed by atoms with E-state index in [9.17, 15) is 4.79 Å². The molecule has 0 saturated heterocycles. The molecule has 11 heavy (non-hydrogen) atoms. The molecule has 2 N–H and O–H groups in total. The van der Waals surface area contributed by atoms with Crippen LogP contribution in [0.15, 0.2) is 0 Å². The average molecular weight is 163 g/mol. The van der Waals surface area contributed by atoms with Gasteiger partial charge in [-0.1, -0.05) is 0 Å². The van der Waals surface area contributed by atoms with E-state index in [0.29, 0.717) is 11.0 Å². The van der Waals surface area contributed by atoms with Crippen molar-refractivity contribution < 1.29 is 19.5 Å². The molecular weight excluding hydrogens is 146 g/mol. The Bertz CT molecular complexity index is 155. The summed E-state index contributed by atoms with van der Waals surface area (Å²) in [6.45, 7) is 0.524. The number of aliphatic hydroxyl groups excluding tert-OH is 1. The van der Waals surface area contributed by atoms with Gasteiger partial charge in [0, 0.05) is 0 Å². The molecule has 0 fully saturated rings. The van der Waals surface area contributed by atoms with Crippen LogP contribution in [-0.2, 0) is 4.79 Å². The number of aliphatic hydroxyl groups is 1. The SMILES string of the molecule is [2H]OC(CC(=O)O)C[N+](C)(C)C. The molecule has 4 heteroatoms. The first-order valence-corrected chi connectivity index (χ1v) is 3.49. The van der Waals surface area contributed by atoms with Crippen molar-refractivity contribution >= 4 is 5.97 Å². The lowest BCUT2D eigenvalue weighted by molar-refractivity contribution is -0.873. The molecule has 66 valence electrons. The average Bonchev–Trinajstić information content (AvgIpc) is 1.82. The molecule has 0 aliphatic rings. The minimum Gasteiger partial charge on any atom is -0.481 e. The minimum atomic E-state index is -0.930. The molecule has 0 aliphatic heterocycles. The molecule has 0 spiro atoms. The molecule has 4 nitrogen and oxygen atoms in total. The maximum absolute atomic E-state index is 10.3. The standard InChI is InChI=1S/C7H15NO3/c1-8(2,3)5-6(9)4-7(10)11/h6,9H,4-5H2,1-3H3/p+1/i9D. The van der Waals surface area contributed by atoms with Crippen molar-refractivity contribution in [2.75, 3.05) is 27.7 Å². The third-order valence-electron chi connectivity index (χ3n) is 1.15. The molecule has 0 bridgehead atoms. The number of rotatable bonds is 5. The van der Waals surface area contributed by atoms with Gasteiger partial charge in [0.05, 0.1) is 27.6 Å². The van der Waals surface area contributed by atoms with Gasteiger partial charge in [0.15, 0.2) is 0 Å². The summed E-state index contributed by atoms with van der Waals surface area (Å²) in [5.74, 6) is -0.930. The van der Waals surface area contributed by atoms with E-state index in [0.717, 1.165) is 0 Å². The summed E-state index contributed by atoms with van der Waals surface area (Å²) in [5, 5.41) is 12.7. The Morgan fingerprint density at radius 3 is 2.45 bits per heavy atom. The van der Waals surface area contributed by atoms with Gasteiger partial charge in [0.1, 0.15) is 12.6 Å². The van der Waals surface area contributed by atoms with E-state index in [1.54, 1.807) is 0 Å². The summed E-state index contributed by atoms with van der Waals surface area (Å²) < 4.78 is 7.25. The number of carbonyl (C=O) groups is 1.